The first-order chi connectivity index (χ1) is 15.1. The van der Waals surface area contributed by atoms with Crippen LogP contribution in [0.25, 0.3) is 10.8 Å². The molecule has 0 fully saturated rings. The van der Waals surface area contributed by atoms with Crippen LogP contribution in [0.1, 0.15) is 25.0 Å². The summed E-state index contributed by atoms with van der Waals surface area (Å²) in [5, 5.41) is 7.86. The van der Waals surface area contributed by atoms with Gasteiger partial charge in [0, 0.05) is 12.8 Å². The summed E-state index contributed by atoms with van der Waals surface area (Å²) >= 11 is 0. The fraction of sp³-hybridized carbons (Fsp3) is 0.280. The molecule has 32 heavy (non-hydrogen) atoms. The van der Waals surface area contributed by atoms with Crippen molar-refractivity contribution < 1.29 is 18.0 Å². The third kappa shape index (κ3) is 6.17. The van der Waals surface area contributed by atoms with E-state index in [1.807, 2.05) is 56.3 Å². The molecule has 3 aromatic carbocycles. The molecule has 0 saturated carbocycles. The average molecular weight is 453 g/mol. The number of hydrogen-bond donors (Lipinski definition) is 2. The minimum atomic E-state index is -3.26. The highest BCUT2D eigenvalue weighted by Crippen LogP contribution is 2.16. The van der Waals surface area contributed by atoms with Crippen molar-refractivity contribution in [3.05, 3.63) is 77.9 Å². The molecule has 0 spiro atoms. The van der Waals surface area contributed by atoms with E-state index in [-0.39, 0.29) is 35.6 Å². The lowest BCUT2D eigenvalue weighted by Crippen LogP contribution is -2.49. The van der Waals surface area contributed by atoms with Crippen molar-refractivity contribution in [2.45, 2.75) is 37.8 Å². The van der Waals surface area contributed by atoms with Crippen LogP contribution in [-0.4, -0.2) is 32.5 Å². The number of carbonyl (C=O) groups excluding carboxylic acids is 2. The van der Waals surface area contributed by atoms with Crippen molar-refractivity contribution >= 4 is 32.4 Å². The minimum Gasteiger partial charge on any atom is -0.350 e. The zero-order valence-corrected chi connectivity index (χ0v) is 19.3. The Morgan fingerprint density at radius 3 is 2.12 bits per heavy atom. The van der Waals surface area contributed by atoms with E-state index in [2.05, 4.69) is 10.6 Å². The lowest BCUT2D eigenvalue weighted by atomic mass is 10.0. The van der Waals surface area contributed by atoms with Gasteiger partial charge in [0.2, 0.25) is 11.8 Å². The zero-order valence-electron chi connectivity index (χ0n) is 18.5. The van der Waals surface area contributed by atoms with Crippen LogP contribution in [0, 0.1) is 5.92 Å². The third-order valence-corrected chi connectivity index (χ3v) is 6.39. The predicted octanol–water partition coefficient (Wildman–Crippen LogP) is 3.24. The summed E-state index contributed by atoms with van der Waals surface area (Å²) in [6.45, 7) is 4.00. The van der Waals surface area contributed by atoms with Crippen molar-refractivity contribution in [1.29, 1.82) is 0 Å². The van der Waals surface area contributed by atoms with Crippen LogP contribution < -0.4 is 10.6 Å². The van der Waals surface area contributed by atoms with Crippen LogP contribution in [-0.2, 0) is 32.4 Å². The number of amides is 2. The maximum atomic E-state index is 12.7. The van der Waals surface area contributed by atoms with Crippen LogP contribution in [0.15, 0.2) is 71.6 Å². The molecule has 6 nitrogen and oxygen atoms in total. The van der Waals surface area contributed by atoms with E-state index in [1.54, 1.807) is 12.1 Å². The largest absolute Gasteiger partial charge is 0.350 e. The molecule has 0 saturated heterocycles. The topological polar surface area (TPSA) is 92.3 Å². The van der Waals surface area contributed by atoms with Gasteiger partial charge in [-0.25, -0.2) is 8.42 Å². The Kier molecular flexibility index (Phi) is 7.30. The first-order valence-corrected chi connectivity index (χ1v) is 12.4. The molecular weight excluding hydrogens is 424 g/mol. The third-order valence-electron chi connectivity index (χ3n) is 5.26. The van der Waals surface area contributed by atoms with Gasteiger partial charge < -0.3 is 10.6 Å². The van der Waals surface area contributed by atoms with E-state index < -0.39 is 15.9 Å². The van der Waals surface area contributed by atoms with Gasteiger partial charge in [-0.05, 0) is 39.9 Å². The Labute approximate surface area is 189 Å². The quantitative estimate of drug-likeness (QED) is 0.549. The van der Waals surface area contributed by atoms with E-state index in [1.165, 1.54) is 12.1 Å². The molecular formula is C25H28N2O4S. The van der Waals surface area contributed by atoms with E-state index in [0.717, 1.165) is 28.2 Å². The molecule has 0 aliphatic heterocycles. The summed E-state index contributed by atoms with van der Waals surface area (Å²) in [5.41, 5.74) is 1.66. The highest BCUT2D eigenvalue weighted by Gasteiger charge is 2.24. The molecule has 7 heteroatoms. The van der Waals surface area contributed by atoms with Crippen LogP contribution >= 0.6 is 0 Å². The Bertz CT molecular complexity index is 1220. The lowest BCUT2D eigenvalue weighted by Gasteiger charge is -2.22. The van der Waals surface area contributed by atoms with Gasteiger partial charge in [-0.3, -0.25) is 9.59 Å². The van der Waals surface area contributed by atoms with Gasteiger partial charge in [0.1, 0.15) is 6.04 Å². The van der Waals surface area contributed by atoms with Crippen LogP contribution in [0.4, 0.5) is 0 Å². The monoisotopic (exact) mass is 452 g/mol. The number of hydrogen-bond acceptors (Lipinski definition) is 4. The number of sulfone groups is 1. The smallest absolute Gasteiger partial charge is 0.243 e. The highest BCUT2D eigenvalue weighted by molar-refractivity contribution is 7.90. The molecule has 1 unspecified atom stereocenters. The number of carbonyl (C=O) groups is 2. The number of benzene rings is 3. The van der Waals surface area contributed by atoms with Gasteiger partial charge in [-0.15, -0.1) is 0 Å². The summed E-state index contributed by atoms with van der Waals surface area (Å²) in [4.78, 5) is 25.6. The standard InChI is InChI=1S/C25H28N2O4S/c1-17(2)24(25(29)26-16-18-9-12-22(13-10-18)32(3,30)31)27-23(28)15-19-8-11-20-6-4-5-7-21(20)14-19/h4-14,17,24H,15-16H2,1-3H3,(H,26,29)(H,27,28). The van der Waals surface area contributed by atoms with Crippen LogP contribution in [0.2, 0.25) is 0 Å². The summed E-state index contributed by atoms with van der Waals surface area (Å²) in [7, 11) is -3.26. The van der Waals surface area contributed by atoms with Crippen molar-refractivity contribution in [3.8, 4) is 0 Å². The molecule has 0 aromatic heterocycles. The highest BCUT2D eigenvalue weighted by atomic mass is 32.2. The molecule has 0 heterocycles. The molecule has 0 radical (unpaired) electrons. The summed E-state index contributed by atoms with van der Waals surface area (Å²) in [6.07, 6.45) is 1.34. The van der Waals surface area contributed by atoms with Gasteiger partial charge in [0.05, 0.1) is 11.3 Å². The zero-order chi connectivity index (χ0) is 23.3. The van der Waals surface area contributed by atoms with Gasteiger partial charge in [0.15, 0.2) is 9.84 Å². The summed E-state index contributed by atoms with van der Waals surface area (Å²) < 4.78 is 23.1. The Morgan fingerprint density at radius 1 is 0.875 bits per heavy atom. The molecule has 0 aliphatic carbocycles. The van der Waals surface area contributed by atoms with Crippen molar-refractivity contribution in [1.82, 2.24) is 10.6 Å². The molecule has 168 valence electrons. The lowest BCUT2D eigenvalue weighted by molar-refractivity contribution is -0.129. The van der Waals surface area contributed by atoms with Gasteiger partial charge in [-0.1, -0.05) is 68.4 Å². The van der Waals surface area contributed by atoms with Gasteiger partial charge >= 0.3 is 0 Å². The first kappa shape index (κ1) is 23.5. The number of nitrogens with one attached hydrogen (secondary N) is 2. The molecule has 1 atom stereocenters. The first-order valence-electron chi connectivity index (χ1n) is 10.5. The van der Waals surface area contributed by atoms with Crippen molar-refractivity contribution in [3.63, 3.8) is 0 Å². The second kappa shape index (κ2) is 9.96. The maximum Gasteiger partial charge on any atom is 0.243 e. The average Bonchev–Trinajstić information content (AvgIpc) is 2.75. The number of rotatable bonds is 8. The van der Waals surface area contributed by atoms with E-state index in [9.17, 15) is 18.0 Å². The Hall–Kier alpha value is -3.19. The van der Waals surface area contributed by atoms with Crippen molar-refractivity contribution in [2.24, 2.45) is 5.92 Å². The minimum absolute atomic E-state index is 0.0943. The second-order valence-corrected chi connectivity index (χ2v) is 10.3. The molecule has 2 N–H and O–H groups in total. The van der Waals surface area contributed by atoms with Crippen LogP contribution in [0.3, 0.4) is 0 Å². The van der Waals surface area contributed by atoms with Crippen molar-refractivity contribution in [2.75, 3.05) is 6.26 Å². The molecule has 3 rings (SSSR count). The Balaban J connectivity index is 1.59. The fourth-order valence-electron chi connectivity index (χ4n) is 3.45. The van der Waals surface area contributed by atoms with Gasteiger partial charge in [0.25, 0.3) is 0 Å². The SMILES string of the molecule is CC(C)C(NC(=O)Cc1ccc2ccccc2c1)C(=O)NCc1ccc(S(C)(=O)=O)cc1. The molecule has 3 aromatic rings. The summed E-state index contributed by atoms with van der Waals surface area (Å²) in [5.74, 6) is -0.589. The fourth-order valence-corrected chi connectivity index (χ4v) is 4.08. The summed E-state index contributed by atoms with van der Waals surface area (Å²) in [6, 6.07) is 19.5. The van der Waals surface area contributed by atoms with E-state index in [4.69, 9.17) is 0 Å². The number of fused-ring (bicyclic) bond motifs is 1. The normalized spacial score (nSPS) is 12.5. The van der Waals surface area contributed by atoms with Crippen LogP contribution in [0.5, 0.6) is 0 Å². The van der Waals surface area contributed by atoms with E-state index >= 15 is 0 Å². The van der Waals surface area contributed by atoms with E-state index in [0.29, 0.717) is 0 Å². The second-order valence-electron chi connectivity index (χ2n) is 8.28. The van der Waals surface area contributed by atoms with Gasteiger partial charge in [-0.2, -0.15) is 0 Å². The molecule has 2 amide bonds. The maximum absolute atomic E-state index is 12.7. The predicted molar refractivity (Wildman–Crippen MR) is 126 cm³/mol. The molecule has 0 aliphatic rings. The molecule has 0 bridgehead atoms. The Morgan fingerprint density at radius 2 is 1.50 bits per heavy atom.